The smallest absolute Gasteiger partial charge is 0.327 e. The average molecular weight is 802 g/mol. The summed E-state index contributed by atoms with van der Waals surface area (Å²) in [4.78, 5) is 82.0. The van der Waals surface area contributed by atoms with Gasteiger partial charge in [0.15, 0.2) is 0 Å². The highest BCUT2D eigenvalue weighted by molar-refractivity contribution is 6.00. The second-order valence-corrected chi connectivity index (χ2v) is 16.8. The van der Waals surface area contributed by atoms with Crippen molar-refractivity contribution in [2.24, 2.45) is 0 Å². The van der Waals surface area contributed by atoms with Gasteiger partial charge in [0.1, 0.15) is 6.04 Å². The van der Waals surface area contributed by atoms with E-state index in [-0.39, 0.29) is 55.9 Å². The van der Waals surface area contributed by atoms with Crippen LogP contribution in [0.5, 0.6) is 0 Å². The molecule has 318 valence electrons. The SMILES string of the molecule is C.C.CCCC.O=C1CCCCC[C@H]2CCCN12.O=CN1CC(c2ccn(C3CCN(c4ccc5c(c4)[nH]c(=O)n5C4CCC(=O)NC4=O)CC3)c(=O)c2)CC12CC2. The summed E-state index contributed by atoms with van der Waals surface area (Å²) in [5.74, 6) is -0.128. The zero-order valence-corrected chi connectivity index (χ0v) is 33.2. The zero-order valence-electron chi connectivity index (χ0n) is 33.2. The lowest BCUT2D eigenvalue weighted by Crippen LogP contribution is -2.43. The summed E-state index contributed by atoms with van der Waals surface area (Å²) in [5, 5.41) is 2.32. The molecule has 5 aliphatic heterocycles. The zero-order chi connectivity index (χ0) is 39.4. The van der Waals surface area contributed by atoms with Gasteiger partial charge in [-0.05, 0) is 94.0 Å². The Kier molecular flexibility index (Phi) is 14.8. The van der Waals surface area contributed by atoms with Crippen molar-refractivity contribution in [1.82, 2.24) is 29.2 Å². The molecule has 1 spiro atoms. The maximum Gasteiger partial charge on any atom is 0.327 e. The lowest BCUT2D eigenvalue weighted by molar-refractivity contribution is -0.136. The lowest BCUT2D eigenvalue weighted by Gasteiger charge is -2.34. The molecule has 1 aromatic carbocycles. The maximum absolute atomic E-state index is 13.1. The van der Waals surface area contributed by atoms with Gasteiger partial charge in [-0.3, -0.25) is 33.9 Å². The number of piperidine rings is 2. The first kappa shape index (κ1) is 44.4. The highest BCUT2D eigenvalue weighted by Crippen LogP contribution is 2.53. The van der Waals surface area contributed by atoms with Crippen molar-refractivity contribution in [3.63, 3.8) is 0 Å². The Labute approximate surface area is 343 Å². The molecule has 3 aromatic rings. The number of rotatable bonds is 6. The number of anilines is 1. The number of carbonyl (C=O) groups is 4. The molecule has 9 rings (SSSR count). The summed E-state index contributed by atoms with van der Waals surface area (Å²) < 4.78 is 3.29. The van der Waals surface area contributed by atoms with Crippen LogP contribution in [0.25, 0.3) is 11.0 Å². The van der Waals surface area contributed by atoms with Crippen LogP contribution in [0, 0.1) is 0 Å². The van der Waals surface area contributed by atoms with E-state index in [9.17, 15) is 28.8 Å². The third-order valence-corrected chi connectivity index (χ3v) is 13.1. The Bertz CT molecular complexity index is 2020. The molecule has 6 fully saturated rings. The van der Waals surface area contributed by atoms with Crippen LogP contribution in [-0.2, 0) is 19.2 Å². The number of aromatic amines is 1. The normalized spacial score (nSPS) is 23.9. The maximum atomic E-state index is 13.1. The van der Waals surface area contributed by atoms with E-state index in [1.165, 1.54) is 49.5 Å². The fraction of sp³-hybridized carbons (Fsp3) is 0.644. The molecule has 3 atom stereocenters. The van der Waals surface area contributed by atoms with Crippen molar-refractivity contribution in [2.75, 3.05) is 31.1 Å². The quantitative estimate of drug-likeness (QED) is 0.206. The van der Waals surface area contributed by atoms with E-state index in [0.717, 1.165) is 82.2 Å². The van der Waals surface area contributed by atoms with E-state index in [1.807, 2.05) is 33.9 Å². The summed E-state index contributed by atoms with van der Waals surface area (Å²) in [6.07, 6.45) is 19.0. The molecule has 6 aliphatic rings. The number of aromatic nitrogens is 3. The number of H-pyrrole nitrogens is 1. The van der Waals surface area contributed by atoms with Gasteiger partial charge in [-0.15, -0.1) is 0 Å². The van der Waals surface area contributed by atoms with Crippen LogP contribution >= 0.6 is 0 Å². The van der Waals surface area contributed by atoms with Crippen molar-refractivity contribution in [3.05, 3.63) is 62.9 Å². The number of imide groups is 1. The molecule has 58 heavy (non-hydrogen) atoms. The number of nitrogens with zero attached hydrogens (tertiary/aromatic N) is 5. The van der Waals surface area contributed by atoms with Crippen molar-refractivity contribution >= 4 is 40.9 Å². The molecule has 13 nitrogen and oxygen atoms in total. The number of hydrogen-bond donors (Lipinski definition) is 2. The molecule has 7 heterocycles. The molecule has 2 N–H and O–H groups in total. The molecule has 2 aromatic heterocycles. The molecule has 5 saturated heterocycles. The van der Waals surface area contributed by atoms with Crippen LogP contribution in [0.2, 0.25) is 0 Å². The number of pyridine rings is 1. The molecule has 13 heteroatoms. The first-order valence-electron chi connectivity index (χ1n) is 21.2. The molecular weight excluding hydrogens is 735 g/mol. The number of likely N-dealkylation sites (tertiary alicyclic amines) is 1. The highest BCUT2D eigenvalue weighted by atomic mass is 16.2. The topological polar surface area (TPSA) is 150 Å². The Morgan fingerprint density at radius 2 is 1.55 bits per heavy atom. The summed E-state index contributed by atoms with van der Waals surface area (Å²) >= 11 is 0. The fourth-order valence-electron chi connectivity index (χ4n) is 9.54. The Morgan fingerprint density at radius 1 is 0.810 bits per heavy atom. The number of fused-ring (bicyclic) bond motifs is 2. The predicted molar refractivity (Wildman–Crippen MR) is 229 cm³/mol. The van der Waals surface area contributed by atoms with Gasteiger partial charge in [0.25, 0.3) is 5.56 Å². The monoisotopic (exact) mass is 802 g/mol. The number of imidazole rings is 1. The minimum absolute atomic E-state index is 0. The van der Waals surface area contributed by atoms with E-state index in [2.05, 4.69) is 40.0 Å². The molecule has 1 aliphatic carbocycles. The Morgan fingerprint density at radius 3 is 2.21 bits per heavy atom. The summed E-state index contributed by atoms with van der Waals surface area (Å²) in [6, 6.07) is 9.56. The molecule has 4 amide bonds. The third-order valence-electron chi connectivity index (χ3n) is 13.1. The first-order valence-corrected chi connectivity index (χ1v) is 21.2. The van der Waals surface area contributed by atoms with Gasteiger partial charge in [0.2, 0.25) is 24.1 Å². The Hall–Kier alpha value is -4.68. The highest BCUT2D eigenvalue weighted by Gasteiger charge is 2.54. The van der Waals surface area contributed by atoms with Gasteiger partial charge in [-0.1, -0.05) is 54.4 Å². The van der Waals surface area contributed by atoms with Gasteiger partial charge in [0.05, 0.1) is 11.0 Å². The number of unbranched alkanes of at least 4 members (excludes halogenated alkanes) is 1. The van der Waals surface area contributed by atoms with Crippen molar-refractivity contribution in [3.8, 4) is 0 Å². The number of hydrogen-bond acceptors (Lipinski definition) is 7. The number of amides is 4. The fourth-order valence-corrected chi connectivity index (χ4v) is 9.54. The van der Waals surface area contributed by atoms with Crippen molar-refractivity contribution < 1.29 is 19.2 Å². The minimum atomic E-state index is -0.710. The van der Waals surface area contributed by atoms with Crippen LogP contribution in [0.1, 0.15) is 155 Å². The van der Waals surface area contributed by atoms with E-state index >= 15 is 0 Å². The molecule has 2 unspecified atom stereocenters. The molecule has 1 saturated carbocycles. The van der Waals surface area contributed by atoms with Crippen molar-refractivity contribution in [1.29, 1.82) is 0 Å². The van der Waals surface area contributed by atoms with Crippen LogP contribution < -0.4 is 21.5 Å². The van der Waals surface area contributed by atoms with Crippen LogP contribution in [-0.4, -0.2) is 85.8 Å². The molecule has 0 bridgehead atoms. The average Bonchev–Trinajstić information content (AvgIpc) is 3.49. The number of benzene rings is 1. The predicted octanol–water partition coefficient (Wildman–Crippen LogP) is 6.81. The standard InChI is InChI=1S/C29H32N6O5.C10H17NO.C4H10.2CH4/c36-17-33-16-19(15-29(33)8-9-29)18-5-12-34(26(38)13-18)20-6-10-32(11-7-20)21-1-2-23-22(14-21)30-28(40)35(23)24-3-4-25(37)31-27(24)39;12-10-7-3-1-2-5-9-6-4-8-11(9)10;1-3-4-2;;/h1-2,5,12-14,17,19-20,24H,3-4,6-11,15-16H2,(H,30,40)(H,31,37,39);9H,1-8H2;3-4H2,1-2H3;2*1H4/t;9-;;;/m.0.../s1. The van der Waals surface area contributed by atoms with Crippen molar-refractivity contribution in [2.45, 2.75) is 161 Å². The van der Waals surface area contributed by atoms with Gasteiger partial charge in [-0.2, -0.15) is 0 Å². The number of nitrogens with one attached hydrogen (secondary N) is 2. The lowest BCUT2D eigenvalue weighted by atomic mass is 9.96. The second kappa shape index (κ2) is 19.4. The van der Waals surface area contributed by atoms with Gasteiger partial charge in [0, 0.05) is 80.5 Å². The van der Waals surface area contributed by atoms with E-state index < -0.39 is 11.9 Å². The van der Waals surface area contributed by atoms with E-state index in [4.69, 9.17) is 0 Å². The second-order valence-electron chi connectivity index (χ2n) is 16.8. The number of carbonyl (C=O) groups excluding carboxylic acids is 4. The van der Waals surface area contributed by atoms with Gasteiger partial charge < -0.3 is 24.3 Å². The van der Waals surface area contributed by atoms with Crippen LogP contribution in [0.4, 0.5) is 5.69 Å². The van der Waals surface area contributed by atoms with E-state index in [1.54, 1.807) is 6.07 Å². The first-order chi connectivity index (χ1) is 27.1. The largest absolute Gasteiger partial charge is 0.371 e. The van der Waals surface area contributed by atoms with Gasteiger partial charge in [-0.25, -0.2) is 4.79 Å². The van der Waals surface area contributed by atoms with E-state index in [0.29, 0.717) is 35.9 Å². The Balaban J connectivity index is 0.000000299. The van der Waals surface area contributed by atoms with Crippen LogP contribution in [0.15, 0.2) is 46.1 Å². The third kappa shape index (κ3) is 9.44. The van der Waals surface area contributed by atoms with Gasteiger partial charge >= 0.3 is 5.69 Å². The van der Waals surface area contributed by atoms with Crippen LogP contribution in [0.3, 0.4) is 0 Å². The summed E-state index contributed by atoms with van der Waals surface area (Å²) in [5.41, 5.74) is 2.97. The summed E-state index contributed by atoms with van der Waals surface area (Å²) in [7, 11) is 0. The summed E-state index contributed by atoms with van der Waals surface area (Å²) in [6.45, 7) is 7.62. The minimum Gasteiger partial charge on any atom is -0.371 e. The molecule has 0 radical (unpaired) electrons. The molecular formula is C45H67N7O6.